The van der Waals surface area contributed by atoms with Crippen LogP contribution in [-0.2, 0) is 14.5 Å². The van der Waals surface area contributed by atoms with Crippen LogP contribution < -0.4 is 16.2 Å². The van der Waals surface area contributed by atoms with E-state index in [4.69, 9.17) is 23.1 Å². The second-order valence-corrected chi connectivity index (χ2v) is 7.91. The lowest BCUT2D eigenvalue weighted by molar-refractivity contribution is -0.118. The summed E-state index contributed by atoms with van der Waals surface area (Å²) in [6, 6.07) is 5.13. The maximum absolute atomic E-state index is 11.8. The van der Waals surface area contributed by atoms with Gasteiger partial charge in [-0.2, -0.15) is 0 Å². The van der Waals surface area contributed by atoms with Crippen molar-refractivity contribution in [2.75, 3.05) is 0 Å². The Morgan fingerprint density at radius 3 is 2.30 bits per heavy atom. The third kappa shape index (κ3) is 9.22. The van der Waals surface area contributed by atoms with E-state index in [1.54, 1.807) is 18.2 Å². The van der Waals surface area contributed by atoms with Crippen molar-refractivity contribution in [1.29, 1.82) is 0 Å². The molecule has 0 fully saturated rings. The second-order valence-electron chi connectivity index (χ2n) is 5.45. The van der Waals surface area contributed by atoms with E-state index in [0.717, 1.165) is 6.42 Å². The molecule has 0 heterocycles. The predicted molar refractivity (Wildman–Crippen MR) is 95.8 cm³/mol. The predicted octanol–water partition coefficient (Wildman–Crippen LogP) is 1.95. The van der Waals surface area contributed by atoms with E-state index in [1.165, 1.54) is 13.0 Å². The van der Waals surface area contributed by atoms with Gasteiger partial charge in [-0.15, -0.1) is 0 Å². The number of ketones is 1. The molecule has 0 aliphatic rings. The Labute approximate surface area is 142 Å². The van der Waals surface area contributed by atoms with Crippen LogP contribution in [0.2, 0.25) is 5.02 Å². The molecular formula is C15H24ClN3O3S. The van der Waals surface area contributed by atoms with Crippen molar-refractivity contribution in [2.24, 2.45) is 17.4 Å². The number of carbonyl (C=O) groups is 2. The Hall–Kier alpha value is -1.57. The molecule has 2 amide bonds. The monoisotopic (exact) mass is 361 g/mol. The summed E-state index contributed by atoms with van der Waals surface area (Å²) in [6.45, 7) is 5.65. The molecule has 0 spiro atoms. The van der Waals surface area contributed by atoms with Crippen LogP contribution in [0.1, 0.15) is 27.2 Å². The summed E-state index contributed by atoms with van der Waals surface area (Å²) in [5, 5.41) is 0.421. The van der Waals surface area contributed by atoms with E-state index < -0.39 is 15.7 Å². The minimum atomic E-state index is -2.89. The molecule has 0 aliphatic heterocycles. The second kappa shape index (κ2) is 9.54. The first kappa shape index (κ1) is 21.4. The van der Waals surface area contributed by atoms with Crippen LogP contribution >= 0.6 is 11.6 Å². The summed E-state index contributed by atoms with van der Waals surface area (Å²) >= 11 is 5.69. The molecular weight excluding hydrogens is 338 g/mol. The van der Waals surface area contributed by atoms with Crippen LogP contribution in [0.15, 0.2) is 29.2 Å². The summed E-state index contributed by atoms with van der Waals surface area (Å²) in [5.74, 6) is 3.98. The number of hydrogen-bond acceptors (Lipinski definition) is 4. The lowest BCUT2D eigenvalue weighted by atomic mass is 10.0. The van der Waals surface area contributed by atoms with Crippen molar-refractivity contribution < 1.29 is 13.8 Å². The first-order valence-corrected chi connectivity index (χ1v) is 9.02. The van der Waals surface area contributed by atoms with Crippen LogP contribution in [0.25, 0.3) is 0 Å². The van der Waals surface area contributed by atoms with Gasteiger partial charge >= 0.3 is 6.03 Å². The summed E-state index contributed by atoms with van der Waals surface area (Å²) < 4.78 is 13.8. The zero-order valence-corrected chi connectivity index (χ0v) is 15.1. The van der Waals surface area contributed by atoms with Gasteiger partial charge in [-0.25, -0.2) is 9.00 Å². The summed E-state index contributed by atoms with van der Waals surface area (Å²) in [6.07, 6.45) is 0.801. The Morgan fingerprint density at radius 2 is 1.96 bits per heavy atom. The van der Waals surface area contributed by atoms with Gasteiger partial charge in [0.05, 0.1) is 20.6 Å². The molecule has 6 nitrogen and oxygen atoms in total. The highest BCUT2D eigenvalue weighted by Gasteiger charge is 2.09. The zero-order chi connectivity index (χ0) is 18.2. The normalized spacial score (nSPS) is 14.2. The fourth-order valence-corrected chi connectivity index (χ4v) is 2.88. The molecule has 0 aromatic heterocycles. The largest absolute Gasteiger partial charge is 0.351 e. The number of urea groups is 1. The van der Waals surface area contributed by atoms with Crippen molar-refractivity contribution in [1.82, 2.24) is 4.72 Å². The number of rotatable bonds is 5. The number of halogens is 1. The fraction of sp³-hybridized carbons (Fsp3) is 0.400. The highest BCUT2D eigenvalue weighted by Crippen LogP contribution is 2.14. The molecule has 0 radical (unpaired) electrons. The smallest absolute Gasteiger partial charge is 0.323 e. The van der Waals surface area contributed by atoms with Crippen LogP contribution in [0.3, 0.4) is 0 Å². The van der Waals surface area contributed by atoms with Crippen molar-refractivity contribution in [3.8, 4) is 0 Å². The number of primary amides is 1. The van der Waals surface area contributed by atoms with Crippen LogP contribution in [0, 0.1) is 5.92 Å². The Kier molecular flexibility index (Phi) is 8.89. The number of amides is 2. The maximum Gasteiger partial charge on any atom is 0.323 e. The number of nitrogens with two attached hydrogens (primary N) is 2. The third-order valence-corrected chi connectivity index (χ3v) is 4.47. The lowest BCUT2D eigenvalue weighted by Crippen LogP contribution is -2.34. The molecule has 130 valence electrons. The SMILES string of the molecule is C=S(=O)(NC(N)=O)c1cccc(Cl)c1.CC(=O)C(N)CC(C)C. The van der Waals surface area contributed by atoms with Gasteiger partial charge in [-0.3, -0.25) is 9.52 Å². The summed E-state index contributed by atoms with van der Waals surface area (Å²) in [5.41, 5.74) is 10.3. The van der Waals surface area contributed by atoms with Gasteiger partial charge in [0.25, 0.3) is 0 Å². The minimum absolute atomic E-state index is 0.0868. The number of hydrogen-bond donors (Lipinski definition) is 3. The molecule has 0 bridgehead atoms. The Morgan fingerprint density at radius 1 is 1.39 bits per heavy atom. The molecule has 8 heteroatoms. The highest BCUT2D eigenvalue weighted by atomic mass is 35.5. The van der Waals surface area contributed by atoms with Gasteiger partial charge < -0.3 is 11.5 Å². The van der Waals surface area contributed by atoms with Crippen LogP contribution in [0.5, 0.6) is 0 Å². The maximum atomic E-state index is 11.8. The topological polar surface area (TPSA) is 115 Å². The fourth-order valence-electron chi connectivity index (χ4n) is 1.57. The van der Waals surface area contributed by atoms with Gasteiger partial charge in [-0.1, -0.05) is 31.5 Å². The van der Waals surface area contributed by atoms with Crippen molar-refractivity contribution in [2.45, 2.75) is 38.1 Å². The van der Waals surface area contributed by atoms with Crippen molar-refractivity contribution in [3.63, 3.8) is 0 Å². The van der Waals surface area contributed by atoms with E-state index >= 15 is 0 Å². The molecule has 1 aromatic carbocycles. The first-order chi connectivity index (χ1) is 10.5. The molecule has 0 saturated heterocycles. The van der Waals surface area contributed by atoms with Crippen molar-refractivity contribution >= 4 is 39.0 Å². The minimum Gasteiger partial charge on any atom is -0.351 e. The third-order valence-electron chi connectivity index (χ3n) is 2.69. The Bertz CT molecular complexity index is 645. The van der Waals surface area contributed by atoms with Crippen molar-refractivity contribution in [3.05, 3.63) is 29.3 Å². The number of carbonyl (C=O) groups excluding carboxylic acids is 2. The highest BCUT2D eigenvalue weighted by molar-refractivity contribution is 7.99. The number of Topliss-reactive ketones (excluding diaryl/α,β-unsaturated/α-hetero) is 1. The molecule has 2 unspecified atom stereocenters. The van der Waals surface area contributed by atoms with E-state index in [9.17, 15) is 13.8 Å². The van der Waals surface area contributed by atoms with E-state index in [-0.39, 0.29) is 11.8 Å². The Balaban J connectivity index is 0.000000468. The van der Waals surface area contributed by atoms with Gasteiger partial charge in [0.15, 0.2) is 0 Å². The van der Waals surface area contributed by atoms with Crippen LogP contribution in [-0.4, -0.2) is 27.9 Å². The molecule has 23 heavy (non-hydrogen) atoms. The summed E-state index contributed by atoms with van der Waals surface area (Å²) in [4.78, 5) is 21.4. The first-order valence-electron chi connectivity index (χ1n) is 6.91. The zero-order valence-electron chi connectivity index (χ0n) is 13.5. The van der Waals surface area contributed by atoms with E-state index in [2.05, 4.69) is 24.4 Å². The van der Waals surface area contributed by atoms with E-state index in [0.29, 0.717) is 15.8 Å². The standard InChI is InChI=1S/C8H9ClN2O2S.C7H15NO/c1-14(13,11-8(10)12)7-4-2-3-6(9)5-7;1-5(2)4-7(8)6(3)9/h2-5H,1H2,(H3,10,11,12,13);5,7H,4,8H2,1-3H3. The van der Waals surface area contributed by atoms with Gasteiger partial charge in [0, 0.05) is 5.02 Å². The molecule has 0 saturated carbocycles. The molecule has 0 aliphatic carbocycles. The summed E-state index contributed by atoms with van der Waals surface area (Å²) in [7, 11) is -2.89. The van der Waals surface area contributed by atoms with Gasteiger partial charge in [0.2, 0.25) is 0 Å². The molecule has 5 N–H and O–H groups in total. The van der Waals surface area contributed by atoms with Crippen LogP contribution in [0.4, 0.5) is 4.79 Å². The number of nitrogens with one attached hydrogen (secondary N) is 1. The average Bonchev–Trinajstić information content (AvgIpc) is 2.37. The van der Waals surface area contributed by atoms with Gasteiger partial charge in [0.1, 0.15) is 5.78 Å². The quantitative estimate of drug-likeness (QED) is 0.695. The van der Waals surface area contributed by atoms with E-state index in [1.807, 2.05) is 0 Å². The lowest BCUT2D eigenvalue weighted by Gasteiger charge is -2.09. The number of benzene rings is 1. The molecule has 1 rings (SSSR count). The molecule has 2 atom stereocenters. The molecule has 1 aromatic rings. The average molecular weight is 362 g/mol. The van der Waals surface area contributed by atoms with Gasteiger partial charge in [-0.05, 0) is 43.3 Å².